The Labute approximate surface area is 125 Å². The molecule has 1 aromatic heterocycles. The van der Waals surface area contributed by atoms with Gasteiger partial charge in [0.1, 0.15) is 0 Å². The number of pyridine rings is 1. The van der Waals surface area contributed by atoms with Crippen molar-refractivity contribution < 1.29 is 9.53 Å². The van der Waals surface area contributed by atoms with Crippen molar-refractivity contribution in [3.05, 3.63) is 24.0 Å². The van der Waals surface area contributed by atoms with E-state index in [0.717, 1.165) is 18.7 Å². The van der Waals surface area contributed by atoms with Gasteiger partial charge in [-0.15, -0.1) is 12.4 Å². The molecule has 2 rings (SSSR count). The number of nitrogens with zero attached hydrogens (tertiary/aromatic N) is 2. The van der Waals surface area contributed by atoms with E-state index in [4.69, 9.17) is 10.5 Å². The van der Waals surface area contributed by atoms with Crippen molar-refractivity contribution >= 4 is 24.0 Å². The van der Waals surface area contributed by atoms with Crippen LogP contribution in [0.25, 0.3) is 0 Å². The van der Waals surface area contributed by atoms with Crippen LogP contribution in [0.3, 0.4) is 0 Å². The van der Waals surface area contributed by atoms with Crippen LogP contribution in [-0.4, -0.2) is 42.1 Å². The quantitative estimate of drug-likeness (QED) is 0.918. The fourth-order valence-electron chi connectivity index (χ4n) is 2.37. The second-order valence-electron chi connectivity index (χ2n) is 5.14. The van der Waals surface area contributed by atoms with E-state index < -0.39 is 0 Å². The number of carbonyl (C=O) groups excluding carboxylic acids is 1. The summed E-state index contributed by atoms with van der Waals surface area (Å²) in [6.07, 6.45) is 3.03. The highest BCUT2D eigenvalue weighted by atomic mass is 35.5. The standard InChI is InChI=1S/C14H21N3O2.ClH/c1-10-5-6-17(9-13(10)19-2)14(18)7-12-4-3-11(15)8-16-12;/h3-4,8,10,13H,5-7,9,15H2,1-2H3;1H. The summed E-state index contributed by atoms with van der Waals surface area (Å²) in [5.74, 6) is 0.606. The van der Waals surface area contributed by atoms with Crippen molar-refractivity contribution in [3.8, 4) is 0 Å². The third-order valence-corrected chi connectivity index (χ3v) is 3.72. The molecule has 20 heavy (non-hydrogen) atoms. The molecule has 5 nitrogen and oxygen atoms in total. The summed E-state index contributed by atoms with van der Waals surface area (Å²) in [6, 6.07) is 3.57. The molecule has 0 saturated carbocycles. The van der Waals surface area contributed by atoms with Crippen molar-refractivity contribution in [1.29, 1.82) is 0 Å². The molecule has 112 valence electrons. The number of carbonyl (C=O) groups is 1. The number of nitrogen functional groups attached to an aromatic ring is 1. The lowest BCUT2D eigenvalue weighted by molar-refractivity contribution is -0.135. The second kappa shape index (κ2) is 7.45. The number of methoxy groups -OCH3 is 1. The summed E-state index contributed by atoms with van der Waals surface area (Å²) < 4.78 is 5.42. The number of hydrogen-bond acceptors (Lipinski definition) is 4. The zero-order valence-electron chi connectivity index (χ0n) is 11.9. The van der Waals surface area contributed by atoms with Crippen LogP contribution < -0.4 is 5.73 Å². The van der Waals surface area contributed by atoms with Crippen LogP contribution in [0, 0.1) is 5.92 Å². The Morgan fingerprint density at radius 1 is 1.55 bits per heavy atom. The van der Waals surface area contributed by atoms with E-state index in [9.17, 15) is 4.79 Å². The lowest BCUT2D eigenvalue weighted by atomic mass is 9.95. The van der Waals surface area contributed by atoms with Gasteiger partial charge in [-0.1, -0.05) is 6.92 Å². The number of ether oxygens (including phenoxy) is 1. The monoisotopic (exact) mass is 299 g/mol. The summed E-state index contributed by atoms with van der Waals surface area (Å²) in [6.45, 7) is 3.64. The van der Waals surface area contributed by atoms with Crippen LogP contribution in [0.2, 0.25) is 0 Å². The number of rotatable bonds is 3. The molecule has 0 aromatic carbocycles. The molecule has 2 atom stereocenters. The predicted molar refractivity (Wildman–Crippen MR) is 80.8 cm³/mol. The fourth-order valence-corrected chi connectivity index (χ4v) is 2.37. The van der Waals surface area contributed by atoms with Crippen molar-refractivity contribution in [2.45, 2.75) is 25.9 Å². The van der Waals surface area contributed by atoms with Gasteiger partial charge in [0.05, 0.1) is 24.4 Å². The highest BCUT2D eigenvalue weighted by molar-refractivity contribution is 5.85. The van der Waals surface area contributed by atoms with Crippen LogP contribution in [0.15, 0.2) is 18.3 Å². The first-order chi connectivity index (χ1) is 9.10. The van der Waals surface area contributed by atoms with Gasteiger partial charge in [-0.2, -0.15) is 0 Å². The second-order valence-corrected chi connectivity index (χ2v) is 5.14. The van der Waals surface area contributed by atoms with Crippen LogP contribution in [0.4, 0.5) is 5.69 Å². The molecule has 1 aliphatic rings. The highest BCUT2D eigenvalue weighted by Gasteiger charge is 2.28. The third kappa shape index (κ3) is 4.08. The van der Waals surface area contributed by atoms with Crippen LogP contribution in [0.5, 0.6) is 0 Å². The normalized spacial score (nSPS) is 22.2. The molecular weight excluding hydrogens is 278 g/mol. The van der Waals surface area contributed by atoms with Gasteiger partial charge in [-0.25, -0.2) is 0 Å². The molecule has 2 N–H and O–H groups in total. The number of amides is 1. The number of aromatic nitrogens is 1. The highest BCUT2D eigenvalue weighted by Crippen LogP contribution is 2.20. The fraction of sp³-hybridized carbons (Fsp3) is 0.571. The zero-order chi connectivity index (χ0) is 13.8. The van der Waals surface area contributed by atoms with E-state index in [-0.39, 0.29) is 24.4 Å². The molecule has 1 aliphatic heterocycles. The Hall–Kier alpha value is -1.33. The third-order valence-electron chi connectivity index (χ3n) is 3.72. The van der Waals surface area contributed by atoms with Crippen molar-refractivity contribution in [3.63, 3.8) is 0 Å². The van der Waals surface area contributed by atoms with Crippen molar-refractivity contribution in [1.82, 2.24) is 9.88 Å². The number of anilines is 1. The summed E-state index contributed by atoms with van der Waals surface area (Å²) in [7, 11) is 1.71. The molecule has 0 aliphatic carbocycles. The Balaban J connectivity index is 0.00000200. The molecule has 1 amide bonds. The Morgan fingerprint density at radius 3 is 2.90 bits per heavy atom. The Kier molecular flexibility index (Phi) is 6.23. The van der Waals surface area contributed by atoms with Crippen LogP contribution >= 0.6 is 12.4 Å². The van der Waals surface area contributed by atoms with E-state index in [0.29, 0.717) is 24.6 Å². The molecule has 1 saturated heterocycles. The summed E-state index contributed by atoms with van der Waals surface area (Å²) in [5, 5.41) is 0. The molecule has 0 bridgehead atoms. The maximum atomic E-state index is 12.2. The van der Waals surface area contributed by atoms with E-state index in [1.54, 1.807) is 25.4 Å². The van der Waals surface area contributed by atoms with Gasteiger partial charge < -0.3 is 15.4 Å². The molecule has 1 aromatic rings. The molecule has 6 heteroatoms. The number of nitrogens with two attached hydrogens (primary N) is 1. The lowest BCUT2D eigenvalue weighted by Gasteiger charge is -2.36. The first-order valence-corrected chi connectivity index (χ1v) is 6.61. The van der Waals surface area contributed by atoms with Crippen molar-refractivity contribution in [2.24, 2.45) is 5.92 Å². The van der Waals surface area contributed by atoms with Gasteiger partial charge in [-0.05, 0) is 24.5 Å². The Bertz CT molecular complexity index is 439. The maximum Gasteiger partial charge on any atom is 0.228 e. The van der Waals surface area contributed by atoms with Crippen LogP contribution in [0.1, 0.15) is 19.0 Å². The zero-order valence-corrected chi connectivity index (χ0v) is 12.7. The smallest absolute Gasteiger partial charge is 0.228 e. The SMILES string of the molecule is COC1CN(C(=O)Cc2ccc(N)cn2)CCC1C.Cl. The molecule has 2 heterocycles. The molecular formula is C14H22ClN3O2. The molecule has 0 radical (unpaired) electrons. The maximum absolute atomic E-state index is 12.2. The summed E-state index contributed by atoms with van der Waals surface area (Å²) in [5.41, 5.74) is 6.95. The van der Waals surface area contributed by atoms with E-state index in [2.05, 4.69) is 11.9 Å². The number of halogens is 1. The number of likely N-dealkylation sites (tertiary alicyclic amines) is 1. The van der Waals surface area contributed by atoms with Gasteiger partial charge in [-0.3, -0.25) is 9.78 Å². The van der Waals surface area contributed by atoms with E-state index in [1.165, 1.54) is 0 Å². The van der Waals surface area contributed by atoms with Gasteiger partial charge >= 0.3 is 0 Å². The average molecular weight is 300 g/mol. The minimum atomic E-state index is 0. The van der Waals surface area contributed by atoms with E-state index in [1.807, 2.05) is 4.90 Å². The van der Waals surface area contributed by atoms with Gasteiger partial charge in [0.15, 0.2) is 0 Å². The molecule has 0 spiro atoms. The molecule has 2 unspecified atom stereocenters. The summed E-state index contributed by atoms with van der Waals surface area (Å²) >= 11 is 0. The number of hydrogen-bond donors (Lipinski definition) is 1. The first kappa shape index (κ1) is 16.7. The minimum absolute atomic E-state index is 0. The van der Waals surface area contributed by atoms with Gasteiger partial charge in [0, 0.05) is 25.9 Å². The molecule has 1 fully saturated rings. The average Bonchev–Trinajstić information content (AvgIpc) is 2.42. The lowest BCUT2D eigenvalue weighted by Crippen LogP contribution is -2.47. The number of piperidine rings is 1. The van der Waals surface area contributed by atoms with Gasteiger partial charge in [0.25, 0.3) is 0 Å². The summed E-state index contributed by atoms with van der Waals surface area (Å²) in [4.78, 5) is 18.3. The topological polar surface area (TPSA) is 68.5 Å². The van der Waals surface area contributed by atoms with Crippen molar-refractivity contribution in [2.75, 3.05) is 25.9 Å². The first-order valence-electron chi connectivity index (χ1n) is 6.61. The van der Waals surface area contributed by atoms with Gasteiger partial charge in [0.2, 0.25) is 5.91 Å². The van der Waals surface area contributed by atoms with Crippen LogP contribution in [-0.2, 0) is 16.0 Å². The largest absolute Gasteiger partial charge is 0.397 e. The minimum Gasteiger partial charge on any atom is -0.397 e. The predicted octanol–water partition coefficient (Wildman–Crippen LogP) is 1.51. The van der Waals surface area contributed by atoms with E-state index >= 15 is 0 Å². The Morgan fingerprint density at radius 2 is 2.30 bits per heavy atom.